The molecule has 1 atom stereocenters. The van der Waals surface area contributed by atoms with Gasteiger partial charge in [-0.3, -0.25) is 20.0 Å². The second-order valence-corrected chi connectivity index (χ2v) is 7.79. The van der Waals surface area contributed by atoms with Gasteiger partial charge in [0.25, 0.3) is 5.69 Å². The monoisotopic (exact) mass is 430 g/mol. The summed E-state index contributed by atoms with van der Waals surface area (Å²) in [7, 11) is 0. The number of anilines is 1. The Morgan fingerprint density at radius 2 is 1.78 bits per heavy atom. The molecule has 0 bridgehead atoms. The topological polar surface area (TPSA) is 101 Å². The number of rotatable bonds is 5. The van der Waals surface area contributed by atoms with Gasteiger partial charge in [0.15, 0.2) is 0 Å². The Morgan fingerprint density at radius 1 is 1.00 bits per heavy atom. The van der Waals surface area contributed by atoms with Crippen molar-refractivity contribution in [2.75, 3.05) is 31.1 Å². The number of aromatic nitrogens is 3. The van der Waals surface area contributed by atoms with E-state index in [-0.39, 0.29) is 16.7 Å². The fourth-order valence-corrected chi connectivity index (χ4v) is 4.20. The van der Waals surface area contributed by atoms with Gasteiger partial charge in [0.2, 0.25) is 11.8 Å². The molecule has 0 saturated carbocycles. The number of piperazine rings is 1. The first-order chi connectivity index (χ1) is 15.6. The fourth-order valence-electron chi connectivity index (χ4n) is 4.20. The van der Waals surface area contributed by atoms with Gasteiger partial charge >= 0.3 is 0 Å². The van der Waals surface area contributed by atoms with Crippen LogP contribution in [0.5, 0.6) is 0 Å². The number of benzene rings is 2. The predicted molar refractivity (Wildman–Crippen MR) is 120 cm³/mol. The average molecular weight is 430 g/mol. The quantitative estimate of drug-likeness (QED) is 0.345. The van der Waals surface area contributed by atoms with Crippen LogP contribution in [0, 0.1) is 10.1 Å². The molecule has 1 unspecified atom stereocenters. The number of nitrogens with zero attached hydrogens (tertiary/aromatic N) is 6. The first-order valence-electron chi connectivity index (χ1n) is 10.5. The van der Waals surface area contributed by atoms with Gasteiger partial charge in [-0.25, -0.2) is 0 Å². The van der Waals surface area contributed by atoms with Crippen LogP contribution in [0.1, 0.15) is 18.9 Å². The number of hydrogen-bond donors (Lipinski definition) is 0. The maximum Gasteiger partial charge on any atom is 0.278 e. The van der Waals surface area contributed by atoms with Crippen LogP contribution in [0.25, 0.3) is 22.2 Å². The lowest BCUT2D eigenvalue weighted by Gasteiger charge is -2.38. The van der Waals surface area contributed by atoms with Crippen LogP contribution in [-0.2, 0) is 0 Å². The van der Waals surface area contributed by atoms with E-state index in [1.807, 2.05) is 42.5 Å². The fraction of sp³-hybridized carbons (Fsp3) is 0.261. The SMILES string of the molecule is CC(c1nnc(-c2ccccc2)o1)N1CCN(c2ccc([N+](=O)[O-])c3cnccc23)CC1. The molecule has 1 saturated heterocycles. The van der Waals surface area contributed by atoms with E-state index in [1.165, 1.54) is 0 Å². The van der Waals surface area contributed by atoms with Gasteiger partial charge in [-0.1, -0.05) is 18.2 Å². The Morgan fingerprint density at radius 3 is 2.53 bits per heavy atom. The number of non-ortho nitro benzene ring substituents is 1. The van der Waals surface area contributed by atoms with Crippen molar-refractivity contribution in [3.63, 3.8) is 0 Å². The average Bonchev–Trinajstić information content (AvgIpc) is 3.34. The summed E-state index contributed by atoms with van der Waals surface area (Å²) in [6, 6.07) is 15.0. The summed E-state index contributed by atoms with van der Waals surface area (Å²) in [6.07, 6.45) is 3.24. The highest BCUT2D eigenvalue weighted by Gasteiger charge is 2.27. The van der Waals surface area contributed by atoms with Gasteiger partial charge in [0, 0.05) is 61.3 Å². The third kappa shape index (κ3) is 3.67. The minimum Gasteiger partial charge on any atom is -0.419 e. The Kier molecular flexibility index (Phi) is 5.24. The van der Waals surface area contributed by atoms with E-state index in [4.69, 9.17) is 4.42 Å². The molecule has 9 nitrogen and oxygen atoms in total. The molecule has 0 N–H and O–H groups in total. The van der Waals surface area contributed by atoms with E-state index in [1.54, 1.807) is 18.5 Å². The lowest BCUT2D eigenvalue weighted by atomic mass is 10.1. The van der Waals surface area contributed by atoms with Crippen molar-refractivity contribution < 1.29 is 9.34 Å². The summed E-state index contributed by atoms with van der Waals surface area (Å²) in [5.41, 5.74) is 1.97. The van der Waals surface area contributed by atoms with Crippen molar-refractivity contribution in [3.8, 4) is 11.5 Å². The molecule has 0 amide bonds. The zero-order valence-corrected chi connectivity index (χ0v) is 17.6. The second kappa shape index (κ2) is 8.35. The molecule has 2 aromatic heterocycles. The van der Waals surface area contributed by atoms with Crippen molar-refractivity contribution in [2.45, 2.75) is 13.0 Å². The van der Waals surface area contributed by atoms with Crippen molar-refractivity contribution >= 4 is 22.1 Å². The summed E-state index contributed by atoms with van der Waals surface area (Å²) >= 11 is 0. The zero-order valence-electron chi connectivity index (χ0n) is 17.6. The van der Waals surface area contributed by atoms with Gasteiger partial charge in [0.05, 0.1) is 16.4 Å². The van der Waals surface area contributed by atoms with Gasteiger partial charge in [-0.2, -0.15) is 0 Å². The van der Waals surface area contributed by atoms with E-state index in [0.717, 1.165) is 42.8 Å². The molecule has 32 heavy (non-hydrogen) atoms. The van der Waals surface area contributed by atoms with Gasteiger partial charge in [-0.15, -0.1) is 10.2 Å². The largest absolute Gasteiger partial charge is 0.419 e. The molecule has 1 fully saturated rings. The van der Waals surface area contributed by atoms with Crippen molar-refractivity contribution in [1.82, 2.24) is 20.1 Å². The Hall–Kier alpha value is -3.85. The molecular weight excluding hydrogens is 408 g/mol. The number of fused-ring (bicyclic) bond motifs is 1. The molecule has 1 aliphatic heterocycles. The van der Waals surface area contributed by atoms with E-state index in [2.05, 4.69) is 31.9 Å². The normalized spacial score (nSPS) is 15.7. The maximum absolute atomic E-state index is 11.4. The number of hydrogen-bond acceptors (Lipinski definition) is 8. The molecule has 0 aliphatic carbocycles. The van der Waals surface area contributed by atoms with Crippen LogP contribution < -0.4 is 4.90 Å². The molecule has 4 aromatic rings. The molecular formula is C23H22N6O3. The molecule has 9 heteroatoms. The molecule has 5 rings (SSSR count). The minimum absolute atomic E-state index is 0.0000767. The van der Waals surface area contributed by atoms with Crippen LogP contribution in [0.3, 0.4) is 0 Å². The van der Waals surface area contributed by atoms with Crippen LogP contribution in [-0.4, -0.2) is 51.2 Å². The third-order valence-corrected chi connectivity index (χ3v) is 5.99. The molecule has 3 heterocycles. The molecule has 0 spiro atoms. The second-order valence-electron chi connectivity index (χ2n) is 7.79. The predicted octanol–water partition coefficient (Wildman–Crippen LogP) is 4.08. The first-order valence-corrected chi connectivity index (χ1v) is 10.5. The lowest BCUT2D eigenvalue weighted by molar-refractivity contribution is -0.383. The van der Waals surface area contributed by atoms with E-state index in [0.29, 0.717) is 17.2 Å². The summed E-state index contributed by atoms with van der Waals surface area (Å²) in [5, 5.41) is 21.3. The van der Waals surface area contributed by atoms with Crippen LogP contribution in [0.4, 0.5) is 11.4 Å². The number of nitro benzene ring substituents is 1. The van der Waals surface area contributed by atoms with Crippen LogP contribution >= 0.6 is 0 Å². The Bertz CT molecular complexity index is 1250. The first kappa shape index (κ1) is 20.1. The highest BCUT2D eigenvalue weighted by molar-refractivity contribution is 5.99. The Labute approximate surface area is 184 Å². The van der Waals surface area contributed by atoms with Gasteiger partial charge in [0.1, 0.15) is 0 Å². The number of nitro groups is 1. The smallest absolute Gasteiger partial charge is 0.278 e. The Balaban J connectivity index is 1.31. The minimum atomic E-state index is -0.360. The lowest BCUT2D eigenvalue weighted by Crippen LogP contribution is -2.47. The molecule has 2 aromatic carbocycles. The van der Waals surface area contributed by atoms with Crippen molar-refractivity contribution in [1.29, 1.82) is 0 Å². The van der Waals surface area contributed by atoms with E-state index in [9.17, 15) is 10.1 Å². The van der Waals surface area contributed by atoms with E-state index < -0.39 is 0 Å². The molecule has 1 aliphatic rings. The summed E-state index contributed by atoms with van der Waals surface area (Å²) < 4.78 is 5.94. The van der Waals surface area contributed by atoms with Crippen LogP contribution in [0.2, 0.25) is 0 Å². The highest BCUT2D eigenvalue weighted by atomic mass is 16.6. The standard InChI is InChI=1S/C23H22N6O3/c1-16(22-25-26-23(32-22)17-5-3-2-4-6-17)27-11-13-28(14-12-27)20-7-8-21(29(30)31)19-15-24-10-9-18(19)20/h2-10,15-16H,11-14H2,1H3. The van der Waals surface area contributed by atoms with E-state index >= 15 is 0 Å². The van der Waals surface area contributed by atoms with Crippen LogP contribution in [0.15, 0.2) is 65.3 Å². The highest BCUT2D eigenvalue weighted by Crippen LogP contribution is 2.34. The summed E-state index contributed by atoms with van der Waals surface area (Å²) in [4.78, 5) is 19.7. The third-order valence-electron chi connectivity index (χ3n) is 5.99. The maximum atomic E-state index is 11.4. The zero-order chi connectivity index (χ0) is 22.1. The van der Waals surface area contributed by atoms with Crippen molar-refractivity contribution in [3.05, 3.63) is 76.9 Å². The van der Waals surface area contributed by atoms with Gasteiger partial charge < -0.3 is 9.32 Å². The molecule has 162 valence electrons. The van der Waals surface area contributed by atoms with Crippen molar-refractivity contribution in [2.24, 2.45) is 0 Å². The number of pyridine rings is 1. The molecule has 0 radical (unpaired) electrons. The van der Waals surface area contributed by atoms with Gasteiger partial charge in [-0.05, 0) is 31.2 Å². The summed E-state index contributed by atoms with van der Waals surface area (Å²) in [6.45, 7) is 5.28. The summed E-state index contributed by atoms with van der Waals surface area (Å²) in [5.74, 6) is 1.13.